The van der Waals surface area contributed by atoms with Gasteiger partial charge in [-0.1, -0.05) is 32.9 Å². The molecule has 2 heterocycles. The summed E-state index contributed by atoms with van der Waals surface area (Å²) in [7, 11) is -3.60. The molecule has 0 spiro atoms. The molecule has 8 heteroatoms. The summed E-state index contributed by atoms with van der Waals surface area (Å²) in [5.74, 6) is -0.169. The van der Waals surface area contributed by atoms with Crippen LogP contribution in [0.3, 0.4) is 0 Å². The van der Waals surface area contributed by atoms with Crippen molar-refractivity contribution in [1.29, 1.82) is 0 Å². The SMILES string of the molecule is CC(C)(C)c1ccc(S(=O)(=O)N2CCC(C(=O)Oc3ccc(N4CCCC4=O)cc3)CC2)cc1. The fourth-order valence-corrected chi connectivity index (χ4v) is 5.89. The van der Waals surface area contributed by atoms with E-state index in [4.69, 9.17) is 4.74 Å². The number of sulfonamides is 1. The first kappa shape index (κ1) is 24.4. The molecule has 0 unspecified atom stereocenters. The number of nitrogens with zero attached hydrogens (tertiary/aromatic N) is 2. The number of hydrogen-bond acceptors (Lipinski definition) is 5. The van der Waals surface area contributed by atoms with Crippen LogP contribution >= 0.6 is 0 Å². The van der Waals surface area contributed by atoms with E-state index >= 15 is 0 Å². The average Bonchev–Trinajstić information content (AvgIpc) is 3.25. The van der Waals surface area contributed by atoms with Gasteiger partial charge in [0.15, 0.2) is 0 Å². The highest BCUT2D eigenvalue weighted by Gasteiger charge is 2.33. The lowest BCUT2D eigenvalue weighted by atomic mass is 9.87. The van der Waals surface area contributed by atoms with Gasteiger partial charge in [0.05, 0.1) is 10.8 Å². The van der Waals surface area contributed by atoms with Crippen LogP contribution in [0.5, 0.6) is 5.75 Å². The van der Waals surface area contributed by atoms with Gasteiger partial charge in [0.2, 0.25) is 15.9 Å². The summed E-state index contributed by atoms with van der Waals surface area (Å²) in [6.45, 7) is 7.52. The topological polar surface area (TPSA) is 84.0 Å². The monoisotopic (exact) mass is 484 g/mol. The number of esters is 1. The molecule has 7 nitrogen and oxygen atoms in total. The van der Waals surface area contributed by atoms with E-state index in [0.717, 1.165) is 17.7 Å². The van der Waals surface area contributed by atoms with Crippen molar-refractivity contribution in [1.82, 2.24) is 4.31 Å². The lowest BCUT2D eigenvalue weighted by Crippen LogP contribution is -2.41. The Balaban J connectivity index is 1.33. The molecule has 2 aliphatic heterocycles. The van der Waals surface area contributed by atoms with Crippen molar-refractivity contribution < 1.29 is 22.7 Å². The number of benzene rings is 2. The second-order valence-corrected chi connectivity index (χ2v) is 12.0. The number of rotatable bonds is 5. The number of ether oxygens (including phenoxy) is 1. The Kier molecular flexibility index (Phi) is 6.82. The van der Waals surface area contributed by atoms with E-state index in [2.05, 4.69) is 20.8 Å². The molecule has 2 aliphatic rings. The van der Waals surface area contributed by atoms with E-state index in [1.54, 1.807) is 41.3 Å². The van der Waals surface area contributed by atoms with Gasteiger partial charge in [-0.3, -0.25) is 9.59 Å². The van der Waals surface area contributed by atoms with Gasteiger partial charge in [-0.05, 0) is 66.6 Å². The van der Waals surface area contributed by atoms with Crippen LogP contribution in [-0.2, 0) is 25.0 Å². The summed E-state index contributed by atoms with van der Waals surface area (Å²) in [6, 6.07) is 14.0. The summed E-state index contributed by atoms with van der Waals surface area (Å²) in [5, 5.41) is 0. The first-order valence-electron chi connectivity index (χ1n) is 11.8. The zero-order valence-electron chi connectivity index (χ0n) is 20.0. The molecular formula is C26H32N2O5S. The van der Waals surface area contributed by atoms with Gasteiger partial charge in [0, 0.05) is 31.7 Å². The Morgan fingerprint density at radius 1 is 0.941 bits per heavy atom. The maximum atomic E-state index is 13.1. The largest absolute Gasteiger partial charge is 0.426 e. The summed E-state index contributed by atoms with van der Waals surface area (Å²) in [6.07, 6.45) is 2.25. The fraction of sp³-hybridized carbons (Fsp3) is 0.462. The Morgan fingerprint density at radius 2 is 1.56 bits per heavy atom. The quantitative estimate of drug-likeness (QED) is 0.471. The van der Waals surface area contributed by atoms with Crippen molar-refractivity contribution in [2.24, 2.45) is 5.92 Å². The number of hydrogen-bond donors (Lipinski definition) is 0. The van der Waals surface area contributed by atoms with Crippen LogP contribution in [0.15, 0.2) is 53.4 Å². The molecule has 0 N–H and O–H groups in total. The van der Waals surface area contributed by atoms with Crippen molar-refractivity contribution in [3.05, 3.63) is 54.1 Å². The highest BCUT2D eigenvalue weighted by molar-refractivity contribution is 7.89. The fourth-order valence-electron chi connectivity index (χ4n) is 4.42. The average molecular weight is 485 g/mol. The van der Waals surface area contributed by atoms with Crippen molar-refractivity contribution in [3.8, 4) is 5.75 Å². The van der Waals surface area contributed by atoms with E-state index in [1.807, 2.05) is 12.1 Å². The molecule has 2 fully saturated rings. The highest BCUT2D eigenvalue weighted by Crippen LogP contribution is 2.29. The molecule has 2 aromatic carbocycles. The van der Waals surface area contributed by atoms with E-state index in [-0.39, 0.29) is 41.2 Å². The van der Waals surface area contributed by atoms with E-state index < -0.39 is 10.0 Å². The molecule has 0 aromatic heterocycles. The molecule has 0 bridgehead atoms. The Hall–Kier alpha value is -2.71. The normalized spacial score (nSPS) is 18.3. The summed E-state index contributed by atoms with van der Waals surface area (Å²) >= 11 is 0. The summed E-state index contributed by atoms with van der Waals surface area (Å²) < 4.78 is 33.1. The van der Waals surface area contributed by atoms with Crippen LogP contribution in [0.25, 0.3) is 0 Å². The standard InChI is InChI=1S/C26H32N2O5S/c1-26(2,3)20-6-12-23(13-7-20)34(31,32)27-17-14-19(15-18-27)25(30)33-22-10-8-21(9-11-22)28-16-4-5-24(28)29/h6-13,19H,4-5,14-18H2,1-3H3. The molecule has 2 saturated heterocycles. The molecule has 182 valence electrons. The van der Waals surface area contributed by atoms with Crippen molar-refractivity contribution >= 4 is 27.6 Å². The minimum Gasteiger partial charge on any atom is -0.426 e. The molecule has 1 amide bonds. The maximum Gasteiger partial charge on any atom is 0.314 e. The van der Waals surface area contributed by atoms with E-state index in [1.165, 1.54) is 4.31 Å². The second kappa shape index (κ2) is 9.50. The van der Waals surface area contributed by atoms with Crippen LogP contribution in [-0.4, -0.2) is 44.2 Å². The van der Waals surface area contributed by atoms with Gasteiger partial charge in [-0.25, -0.2) is 8.42 Å². The Morgan fingerprint density at radius 3 is 2.09 bits per heavy atom. The van der Waals surface area contributed by atoms with Crippen LogP contribution in [0.4, 0.5) is 5.69 Å². The van der Waals surface area contributed by atoms with Gasteiger partial charge in [-0.2, -0.15) is 4.31 Å². The molecule has 0 radical (unpaired) electrons. The molecular weight excluding hydrogens is 452 g/mol. The van der Waals surface area contributed by atoms with Crippen LogP contribution in [0.2, 0.25) is 0 Å². The van der Waals surface area contributed by atoms with Gasteiger partial charge >= 0.3 is 5.97 Å². The predicted octanol–water partition coefficient (Wildman–Crippen LogP) is 4.12. The van der Waals surface area contributed by atoms with Gasteiger partial charge < -0.3 is 9.64 Å². The summed E-state index contributed by atoms with van der Waals surface area (Å²) in [5.41, 5.74) is 1.83. The summed E-state index contributed by atoms with van der Waals surface area (Å²) in [4.78, 5) is 26.6. The van der Waals surface area contributed by atoms with Gasteiger partial charge in [0.1, 0.15) is 5.75 Å². The zero-order chi connectivity index (χ0) is 24.5. The van der Waals surface area contributed by atoms with Crippen LogP contribution in [0, 0.1) is 5.92 Å². The van der Waals surface area contributed by atoms with E-state index in [0.29, 0.717) is 31.6 Å². The van der Waals surface area contributed by atoms with E-state index in [9.17, 15) is 18.0 Å². The number of anilines is 1. The molecule has 0 atom stereocenters. The predicted molar refractivity (Wildman–Crippen MR) is 130 cm³/mol. The maximum absolute atomic E-state index is 13.1. The number of carbonyl (C=O) groups is 2. The number of piperidine rings is 1. The lowest BCUT2D eigenvalue weighted by molar-refractivity contribution is -0.140. The van der Waals surface area contributed by atoms with Crippen LogP contribution in [0.1, 0.15) is 52.0 Å². The molecule has 4 rings (SSSR count). The smallest absolute Gasteiger partial charge is 0.314 e. The minimum atomic E-state index is -3.60. The number of amides is 1. The third-order valence-electron chi connectivity index (χ3n) is 6.59. The Labute approximate surface area is 201 Å². The Bertz CT molecular complexity index is 1140. The lowest BCUT2D eigenvalue weighted by Gasteiger charge is -2.30. The molecule has 0 aliphatic carbocycles. The highest BCUT2D eigenvalue weighted by atomic mass is 32.2. The zero-order valence-corrected chi connectivity index (χ0v) is 20.8. The minimum absolute atomic E-state index is 0.0487. The second-order valence-electron chi connectivity index (χ2n) is 10.0. The first-order chi connectivity index (χ1) is 16.1. The van der Waals surface area contributed by atoms with Gasteiger partial charge in [-0.15, -0.1) is 0 Å². The number of carbonyl (C=O) groups excluding carboxylic acids is 2. The van der Waals surface area contributed by atoms with Crippen molar-refractivity contribution in [2.75, 3.05) is 24.5 Å². The van der Waals surface area contributed by atoms with Gasteiger partial charge in [0.25, 0.3) is 0 Å². The molecule has 0 saturated carbocycles. The first-order valence-corrected chi connectivity index (χ1v) is 13.2. The molecule has 34 heavy (non-hydrogen) atoms. The van der Waals surface area contributed by atoms with Crippen molar-refractivity contribution in [2.45, 2.75) is 56.8 Å². The molecule has 2 aromatic rings. The third-order valence-corrected chi connectivity index (χ3v) is 8.50. The van der Waals surface area contributed by atoms with Crippen LogP contribution < -0.4 is 9.64 Å². The third kappa shape index (κ3) is 5.18. The van der Waals surface area contributed by atoms with Crippen molar-refractivity contribution in [3.63, 3.8) is 0 Å².